The Hall–Kier alpha value is -1.97. The zero-order valence-corrected chi connectivity index (χ0v) is 10.7. The Morgan fingerprint density at radius 2 is 1.95 bits per heavy atom. The normalized spacial score (nSPS) is 20.2. The predicted molar refractivity (Wildman–Crippen MR) is 70.6 cm³/mol. The second-order valence-electron chi connectivity index (χ2n) is 4.94. The quantitative estimate of drug-likeness (QED) is 0.773. The van der Waals surface area contributed by atoms with Crippen molar-refractivity contribution in [2.75, 3.05) is 0 Å². The van der Waals surface area contributed by atoms with Crippen LogP contribution in [0.4, 0.5) is 0 Å². The van der Waals surface area contributed by atoms with Gasteiger partial charge in [0.15, 0.2) is 0 Å². The fourth-order valence-corrected chi connectivity index (χ4v) is 2.50. The van der Waals surface area contributed by atoms with Gasteiger partial charge >= 0.3 is 0 Å². The lowest BCUT2D eigenvalue weighted by atomic mass is 9.99. The third kappa shape index (κ3) is 2.57. The summed E-state index contributed by atoms with van der Waals surface area (Å²) in [6.07, 6.45) is 4.61. The van der Waals surface area contributed by atoms with Crippen LogP contribution in [0.3, 0.4) is 0 Å². The van der Waals surface area contributed by atoms with Crippen LogP contribution in [-0.4, -0.2) is 15.9 Å². The SMILES string of the molecule is O=C1CCCCCC1c1nc(-c2ccccc2)no1. The van der Waals surface area contributed by atoms with Gasteiger partial charge in [-0.2, -0.15) is 4.98 Å². The van der Waals surface area contributed by atoms with Crippen molar-refractivity contribution in [2.45, 2.75) is 38.0 Å². The third-order valence-electron chi connectivity index (χ3n) is 3.58. The molecular formula is C15H16N2O2. The van der Waals surface area contributed by atoms with Crippen molar-refractivity contribution in [2.24, 2.45) is 0 Å². The first-order valence-corrected chi connectivity index (χ1v) is 6.76. The molecule has 0 bridgehead atoms. The summed E-state index contributed by atoms with van der Waals surface area (Å²) in [5, 5.41) is 3.99. The molecule has 3 rings (SSSR count). The molecule has 1 heterocycles. The maximum Gasteiger partial charge on any atom is 0.237 e. The molecule has 1 aromatic heterocycles. The summed E-state index contributed by atoms with van der Waals surface area (Å²) in [7, 11) is 0. The molecule has 0 saturated heterocycles. The average Bonchev–Trinajstić information content (AvgIpc) is 2.83. The molecule has 1 aliphatic carbocycles. The lowest BCUT2D eigenvalue weighted by molar-refractivity contribution is -0.120. The highest BCUT2D eigenvalue weighted by Crippen LogP contribution is 2.29. The van der Waals surface area contributed by atoms with E-state index in [-0.39, 0.29) is 11.7 Å². The summed E-state index contributed by atoms with van der Waals surface area (Å²) in [5.74, 6) is 1.08. The fraction of sp³-hybridized carbons (Fsp3) is 0.400. The Morgan fingerprint density at radius 3 is 2.79 bits per heavy atom. The monoisotopic (exact) mass is 256 g/mol. The number of rotatable bonds is 2. The number of carbonyl (C=O) groups excluding carboxylic acids is 1. The number of hydrogen-bond donors (Lipinski definition) is 0. The first kappa shape index (κ1) is 12.1. The molecule has 2 aromatic rings. The summed E-state index contributed by atoms with van der Waals surface area (Å²) >= 11 is 0. The number of Topliss-reactive ketones (excluding diaryl/α,β-unsaturated/α-hetero) is 1. The molecule has 0 aliphatic heterocycles. The average molecular weight is 256 g/mol. The lowest BCUT2D eigenvalue weighted by Crippen LogP contribution is -2.10. The van der Waals surface area contributed by atoms with E-state index in [9.17, 15) is 4.79 Å². The van der Waals surface area contributed by atoms with Gasteiger partial charge in [-0.25, -0.2) is 0 Å². The Morgan fingerprint density at radius 1 is 1.11 bits per heavy atom. The molecule has 0 N–H and O–H groups in total. The Kier molecular flexibility index (Phi) is 3.40. The molecule has 0 spiro atoms. The van der Waals surface area contributed by atoms with Crippen LogP contribution in [-0.2, 0) is 4.79 Å². The molecule has 0 amide bonds. The maximum atomic E-state index is 12.0. The van der Waals surface area contributed by atoms with E-state index in [0.29, 0.717) is 18.1 Å². The van der Waals surface area contributed by atoms with Gasteiger partial charge in [0.25, 0.3) is 0 Å². The molecule has 1 unspecified atom stereocenters. The van der Waals surface area contributed by atoms with Crippen LogP contribution in [0, 0.1) is 0 Å². The summed E-state index contributed by atoms with van der Waals surface area (Å²) in [5.41, 5.74) is 0.915. The highest BCUT2D eigenvalue weighted by atomic mass is 16.5. The van der Waals surface area contributed by atoms with Gasteiger partial charge in [0.1, 0.15) is 5.78 Å². The van der Waals surface area contributed by atoms with Crippen molar-refractivity contribution in [1.29, 1.82) is 0 Å². The summed E-state index contributed by atoms with van der Waals surface area (Å²) in [4.78, 5) is 16.4. The molecule has 0 radical (unpaired) electrons. The van der Waals surface area contributed by atoms with Crippen molar-refractivity contribution < 1.29 is 9.32 Å². The molecule has 1 atom stereocenters. The van der Waals surface area contributed by atoms with Crippen LogP contribution in [0.1, 0.15) is 43.9 Å². The van der Waals surface area contributed by atoms with Crippen LogP contribution in [0.15, 0.2) is 34.9 Å². The highest BCUT2D eigenvalue weighted by molar-refractivity contribution is 5.85. The Labute approximate surface area is 111 Å². The molecule has 1 aliphatic rings. The second kappa shape index (κ2) is 5.34. The summed E-state index contributed by atoms with van der Waals surface area (Å²) in [6, 6.07) is 9.68. The van der Waals surface area contributed by atoms with Crippen LogP contribution in [0.25, 0.3) is 11.4 Å². The molecule has 19 heavy (non-hydrogen) atoms. The molecule has 4 nitrogen and oxygen atoms in total. The van der Waals surface area contributed by atoms with E-state index in [1.807, 2.05) is 30.3 Å². The number of benzene rings is 1. The number of carbonyl (C=O) groups is 1. The van der Waals surface area contributed by atoms with E-state index in [2.05, 4.69) is 10.1 Å². The standard InChI is InChI=1S/C15H16N2O2/c18-13-10-6-2-5-9-12(13)15-16-14(17-19-15)11-7-3-1-4-8-11/h1,3-4,7-8,12H,2,5-6,9-10H2. The van der Waals surface area contributed by atoms with Crippen LogP contribution < -0.4 is 0 Å². The largest absolute Gasteiger partial charge is 0.338 e. The van der Waals surface area contributed by atoms with Crippen LogP contribution >= 0.6 is 0 Å². The predicted octanol–water partition coefficient (Wildman–Crippen LogP) is 3.35. The topological polar surface area (TPSA) is 56.0 Å². The van der Waals surface area contributed by atoms with Gasteiger partial charge in [-0.05, 0) is 12.8 Å². The minimum atomic E-state index is -0.201. The second-order valence-corrected chi connectivity index (χ2v) is 4.94. The van der Waals surface area contributed by atoms with E-state index in [1.54, 1.807) is 0 Å². The number of aromatic nitrogens is 2. The minimum absolute atomic E-state index is 0.201. The first-order valence-electron chi connectivity index (χ1n) is 6.76. The minimum Gasteiger partial charge on any atom is -0.338 e. The zero-order chi connectivity index (χ0) is 13.1. The Balaban J connectivity index is 1.86. The van der Waals surface area contributed by atoms with Gasteiger partial charge in [-0.15, -0.1) is 0 Å². The van der Waals surface area contributed by atoms with Gasteiger partial charge < -0.3 is 4.52 Å². The van der Waals surface area contributed by atoms with E-state index < -0.39 is 0 Å². The van der Waals surface area contributed by atoms with E-state index in [0.717, 1.165) is 31.2 Å². The number of hydrogen-bond acceptors (Lipinski definition) is 4. The van der Waals surface area contributed by atoms with Gasteiger partial charge in [-0.1, -0.05) is 48.3 Å². The van der Waals surface area contributed by atoms with Gasteiger partial charge in [0, 0.05) is 12.0 Å². The van der Waals surface area contributed by atoms with Crippen molar-refractivity contribution in [1.82, 2.24) is 10.1 Å². The maximum absolute atomic E-state index is 12.0. The van der Waals surface area contributed by atoms with E-state index in [1.165, 1.54) is 0 Å². The first-order chi connectivity index (χ1) is 9.34. The molecule has 4 heteroatoms. The Bertz CT molecular complexity index is 563. The number of nitrogens with zero attached hydrogens (tertiary/aromatic N) is 2. The molecule has 1 fully saturated rings. The molecular weight excluding hydrogens is 240 g/mol. The van der Waals surface area contributed by atoms with Gasteiger partial charge in [-0.3, -0.25) is 4.79 Å². The lowest BCUT2D eigenvalue weighted by Gasteiger charge is -2.06. The van der Waals surface area contributed by atoms with Gasteiger partial charge in [0.2, 0.25) is 11.7 Å². The molecule has 1 saturated carbocycles. The summed E-state index contributed by atoms with van der Waals surface area (Å²) in [6.45, 7) is 0. The highest BCUT2D eigenvalue weighted by Gasteiger charge is 2.27. The van der Waals surface area contributed by atoms with Crippen molar-refractivity contribution in [3.8, 4) is 11.4 Å². The van der Waals surface area contributed by atoms with Crippen molar-refractivity contribution >= 4 is 5.78 Å². The number of ketones is 1. The van der Waals surface area contributed by atoms with E-state index in [4.69, 9.17) is 4.52 Å². The van der Waals surface area contributed by atoms with Crippen LogP contribution in [0.5, 0.6) is 0 Å². The van der Waals surface area contributed by atoms with E-state index >= 15 is 0 Å². The third-order valence-corrected chi connectivity index (χ3v) is 3.58. The smallest absolute Gasteiger partial charge is 0.237 e. The van der Waals surface area contributed by atoms with Crippen molar-refractivity contribution in [3.05, 3.63) is 36.2 Å². The van der Waals surface area contributed by atoms with Crippen LogP contribution in [0.2, 0.25) is 0 Å². The fourth-order valence-electron chi connectivity index (χ4n) is 2.50. The van der Waals surface area contributed by atoms with Crippen molar-refractivity contribution in [3.63, 3.8) is 0 Å². The molecule has 98 valence electrons. The summed E-state index contributed by atoms with van der Waals surface area (Å²) < 4.78 is 5.30. The molecule has 1 aromatic carbocycles. The zero-order valence-electron chi connectivity index (χ0n) is 10.7. The van der Waals surface area contributed by atoms with Gasteiger partial charge in [0.05, 0.1) is 5.92 Å².